The molecule has 8 heteroatoms. The van der Waals surface area contributed by atoms with Crippen molar-refractivity contribution < 1.29 is 4.79 Å². The number of aromatic nitrogens is 4. The van der Waals surface area contributed by atoms with Crippen molar-refractivity contribution in [2.45, 2.75) is 5.16 Å². The Balaban J connectivity index is 2.44. The van der Waals surface area contributed by atoms with Crippen LogP contribution in [-0.4, -0.2) is 31.9 Å². The van der Waals surface area contributed by atoms with Gasteiger partial charge in [-0.25, -0.2) is 14.6 Å². The molecule has 0 fully saturated rings. The Bertz CT molecular complexity index is 566. The average molecular weight is 250 g/mol. The molecule has 2 heterocycles. The number of nitrogens with two attached hydrogens (primary N) is 2. The Labute approximate surface area is 101 Å². The second-order valence-corrected chi connectivity index (χ2v) is 3.95. The molecule has 2 rings (SSSR count). The van der Waals surface area contributed by atoms with Gasteiger partial charge in [0.1, 0.15) is 5.82 Å². The molecule has 0 atom stereocenters. The number of carbonyl (C=O) groups is 1. The minimum absolute atomic E-state index is 0.313. The van der Waals surface area contributed by atoms with E-state index in [9.17, 15) is 4.79 Å². The number of rotatable bonds is 3. The predicted octanol–water partition coefficient (Wildman–Crippen LogP) is 0.0653. The average Bonchev–Trinajstić information content (AvgIpc) is 2.77. The van der Waals surface area contributed by atoms with E-state index in [1.165, 1.54) is 28.8 Å². The van der Waals surface area contributed by atoms with Gasteiger partial charge in [0.15, 0.2) is 11.0 Å². The molecular weight excluding hydrogens is 240 g/mol. The molecule has 2 aromatic rings. The molecule has 0 bridgehead atoms. The van der Waals surface area contributed by atoms with Gasteiger partial charge in [-0.1, -0.05) is 11.8 Å². The molecule has 0 unspecified atom stereocenters. The van der Waals surface area contributed by atoms with Crippen LogP contribution in [0, 0.1) is 0 Å². The summed E-state index contributed by atoms with van der Waals surface area (Å²) in [4.78, 5) is 19.2. The van der Waals surface area contributed by atoms with Crippen LogP contribution >= 0.6 is 11.8 Å². The highest BCUT2D eigenvalue weighted by Gasteiger charge is 2.08. The molecule has 0 spiro atoms. The molecule has 1 amide bonds. The van der Waals surface area contributed by atoms with E-state index >= 15 is 0 Å². The summed E-state index contributed by atoms with van der Waals surface area (Å²) in [6.45, 7) is 0. The van der Waals surface area contributed by atoms with Gasteiger partial charge in [0.25, 0.3) is 5.91 Å². The van der Waals surface area contributed by atoms with Crippen molar-refractivity contribution in [3.05, 3.63) is 24.0 Å². The fourth-order valence-corrected chi connectivity index (χ4v) is 1.60. The number of nitrogens with zero attached hydrogens (tertiary/aromatic N) is 4. The summed E-state index contributed by atoms with van der Waals surface area (Å²) in [7, 11) is 0. The molecule has 0 saturated heterocycles. The molecular formula is C9H10N6OS. The summed E-state index contributed by atoms with van der Waals surface area (Å²) in [5.41, 5.74) is 11.1. The molecule has 7 nitrogen and oxygen atoms in total. The van der Waals surface area contributed by atoms with E-state index in [1.807, 2.05) is 6.26 Å². The lowest BCUT2D eigenvalue weighted by atomic mass is 10.3. The first kappa shape index (κ1) is 11.4. The number of primary amides is 1. The first-order valence-corrected chi connectivity index (χ1v) is 5.86. The lowest BCUT2D eigenvalue weighted by molar-refractivity contribution is 0.100. The van der Waals surface area contributed by atoms with Gasteiger partial charge >= 0.3 is 0 Å². The minimum atomic E-state index is -0.539. The maximum atomic E-state index is 10.9. The molecule has 0 aliphatic heterocycles. The maximum absolute atomic E-state index is 10.9. The van der Waals surface area contributed by atoms with Gasteiger partial charge in [0.05, 0.1) is 11.8 Å². The fraction of sp³-hybridized carbons (Fsp3) is 0.111. The third-order valence-corrected chi connectivity index (χ3v) is 2.54. The zero-order valence-corrected chi connectivity index (χ0v) is 9.81. The van der Waals surface area contributed by atoms with Gasteiger partial charge < -0.3 is 11.5 Å². The molecule has 0 saturated carbocycles. The summed E-state index contributed by atoms with van der Waals surface area (Å²) in [5, 5.41) is 4.52. The number of hydrogen-bond donors (Lipinski definition) is 2. The molecule has 0 aliphatic carbocycles. The molecule has 4 N–H and O–H groups in total. The van der Waals surface area contributed by atoms with Crippen molar-refractivity contribution in [3.8, 4) is 5.82 Å². The van der Waals surface area contributed by atoms with E-state index in [2.05, 4.69) is 15.1 Å². The molecule has 0 aromatic carbocycles. The zero-order chi connectivity index (χ0) is 12.4. The van der Waals surface area contributed by atoms with Crippen LogP contribution in [0.3, 0.4) is 0 Å². The van der Waals surface area contributed by atoms with Gasteiger partial charge in [-0.2, -0.15) is 5.10 Å². The summed E-state index contributed by atoms with van der Waals surface area (Å²) in [5.74, 6) is 0.299. The maximum Gasteiger partial charge on any atom is 0.251 e. The molecule has 88 valence electrons. The van der Waals surface area contributed by atoms with E-state index in [0.29, 0.717) is 22.4 Å². The van der Waals surface area contributed by atoms with E-state index in [1.54, 1.807) is 6.07 Å². The smallest absolute Gasteiger partial charge is 0.251 e. The van der Waals surface area contributed by atoms with Gasteiger partial charge in [0.2, 0.25) is 0 Å². The zero-order valence-electron chi connectivity index (χ0n) is 8.99. The van der Waals surface area contributed by atoms with Crippen LogP contribution in [0.2, 0.25) is 0 Å². The van der Waals surface area contributed by atoms with Gasteiger partial charge in [-0.3, -0.25) is 4.79 Å². The van der Waals surface area contributed by atoms with Gasteiger partial charge in [-0.05, 0) is 6.26 Å². The minimum Gasteiger partial charge on any atom is -0.383 e. The highest BCUT2D eigenvalue weighted by Crippen LogP contribution is 2.14. The van der Waals surface area contributed by atoms with Crippen molar-refractivity contribution in [2.75, 3.05) is 12.0 Å². The Hall–Kier alpha value is -2.09. The monoisotopic (exact) mass is 250 g/mol. The third kappa shape index (κ3) is 2.36. The van der Waals surface area contributed by atoms with Crippen molar-refractivity contribution in [1.82, 2.24) is 19.7 Å². The van der Waals surface area contributed by atoms with E-state index in [0.717, 1.165) is 0 Å². The second kappa shape index (κ2) is 4.42. The molecule has 2 aromatic heterocycles. The standard InChI is InChI=1S/C9H10N6OS/c1-17-9-13-6(10)2-7(14-9)15-4-5(3-12-15)8(11)16/h2-4H,1H3,(H2,11,16)(H2,10,13,14). The van der Waals surface area contributed by atoms with Gasteiger partial charge in [-0.15, -0.1) is 0 Å². The van der Waals surface area contributed by atoms with Crippen LogP contribution in [0.1, 0.15) is 10.4 Å². The number of carbonyl (C=O) groups excluding carboxylic acids is 1. The SMILES string of the molecule is CSc1nc(N)cc(-n2cc(C(N)=O)cn2)n1. The first-order valence-electron chi connectivity index (χ1n) is 4.63. The van der Waals surface area contributed by atoms with Crippen molar-refractivity contribution >= 4 is 23.5 Å². The number of thioether (sulfide) groups is 1. The second-order valence-electron chi connectivity index (χ2n) is 3.18. The lowest BCUT2D eigenvalue weighted by Gasteiger charge is -2.03. The molecule has 17 heavy (non-hydrogen) atoms. The Morgan fingerprint density at radius 2 is 2.24 bits per heavy atom. The topological polar surface area (TPSA) is 113 Å². The molecule has 0 radical (unpaired) electrons. The van der Waals surface area contributed by atoms with Crippen LogP contribution in [-0.2, 0) is 0 Å². The van der Waals surface area contributed by atoms with Crippen molar-refractivity contribution in [1.29, 1.82) is 0 Å². The number of hydrogen-bond acceptors (Lipinski definition) is 6. The van der Waals surface area contributed by atoms with Crippen LogP contribution in [0.5, 0.6) is 0 Å². The summed E-state index contributed by atoms with van der Waals surface area (Å²) in [6, 6.07) is 1.57. The number of nitrogen functional groups attached to an aromatic ring is 1. The Morgan fingerprint density at radius 3 is 2.82 bits per heavy atom. The largest absolute Gasteiger partial charge is 0.383 e. The lowest BCUT2D eigenvalue weighted by Crippen LogP contribution is -2.09. The number of anilines is 1. The van der Waals surface area contributed by atoms with E-state index < -0.39 is 5.91 Å². The fourth-order valence-electron chi connectivity index (χ4n) is 1.21. The van der Waals surface area contributed by atoms with E-state index in [-0.39, 0.29) is 0 Å². The predicted molar refractivity (Wildman–Crippen MR) is 63.9 cm³/mol. The molecule has 0 aliphatic rings. The van der Waals surface area contributed by atoms with Gasteiger partial charge in [0, 0.05) is 12.3 Å². The summed E-state index contributed by atoms with van der Waals surface area (Å²) in [6.07, 6.45) is 4.71. The van der Waals surface area contributed by atoms with Crippen LogP contribution < -0.4 is 11.5 Å². The van der Waals surface area contributed by atoms with Crippen molar-refractivity contribution in [2.24, 2.45) is 5.73 Å². The number of amides is 1. The Kier molecular flexibility index (Phi) is 2.96. The summed E-state index contributed by atoms with van der Waals surface area (Å²) >= 11 is 1.37. The van der Waals surface area contributed by atoms with Crippen LogP contribution in [0.15, 0.2) is 23.6 Å². The quantitative estimate of drug-likeness (QED) is 0.588. The highest BCUT2D eigenvalue weighted by atomic mass is 32.2. The first-order chi connectivity index (χ1) is 8.10. The highest BCUT2D eigenvalue weighted by molar-refractivity contribution is 7.98. The Morgan fingerprint density at radius 1 is 1.47 bits per heavy atom. The van der Waals surface area contributed by atoms with E-state index in [4.69, 9.17) is 11.5 Å². The summed E-state index contributed by atoms with van der Waals surface area (Å²) < 4.78 is 1.43. The normalized spacial score (nSPS) is 10.4. The van der Waals surface area contributed by atoms with Crippen LogP contribution in [0.4, 0.5) is 5.82 Å². The van der Waals surface area contributed by atoms with Crippen molar-refractivity contribution in [3.63, 3.8) is 0 Å². The van der Waals surface area contributed by atoms with Crippen LogP contribution in [0.25, 0.3) is 5.82 Å². The third-order valence-electron chi connectivity index (χ3n) is 2.00.